The van der Waals surface area contributed by atoms with E-state index < -0.39 is 0 Å². The molecule has 0 saturated carbocycles. The number of furan rings is 2. The van der Waals surface area contributed by atoms with Crippen LogP contribution in [0.2, 0.25) is 0 Å². The molecule has 2 aromatic heterocycles. The van der Waals surface area contributed by atoms with Crippen LogP contribution in [0.4, 0.5) is 0 Å². The maximum absolute atomic E-state index is 5.18. The Balaban J connectivity index is 0.000000147. The molecule has 0 aliphatic heterocycles. The van der Waals surface area contributed by atoms with Crippen molar-refractivity contribution in [1.29, 1.82) is 0 Å². The van der Waals surface area contributed by atoms with Gasteiger partial charge in [-0.05, 0) is 12.1 Å². The quantitative estimate of drug-likeness (QED) is 0.283. The van der Waals surface area contributed by atoms with E-state index in [-0.39, 0.29) is 17.1 Å². The molecule has 106 valence electrons. The molecule has 0 amide bonds. The van der Waals surface area contributed by atoms with Crippen molar-refractivity contribution in [3.05, 3.63) is 85.3 Å². The smallest absolute Gasteiger partial charge is 0.305 e. The molecule has 4 aromatic rings. The molecule has 0 fully saturated rings. The summed E-state index contributed by atoms with van der Waals surface area (Å²) < 4.78 is 10.4. The monoisotopic (exact) mass is 318 g/mol. The summed E-state index contributed by atoms with van der Waals surface area (Å²) in [7, 11) is 0. The number of rotatable bonds is 2. The third kappa shape index (κ3) is 3.88. The van der Waals surface area contributed by atoms with E-state index in [0.29, 0.717) is 0 Å². The summed E-state index contributed by atoms with van der Waals surface area (Å²) in [5, 5.41) is 0. The first kappa shape index (κ1) is 15.2. The predicted octanol–water partition coefficient (Wildman–Crippen LogP) is 5.33. The van der Waals surface area contributed by atoms with Crippen molar-refractivity contribution in [1.82, 2.24) is 0 Å². The molecule has 0 spiro atoms. The molecule has 0 aliphatic rings. The fourth-order valence-corrected chi connectivity index (χ4v) is 1.96. The third-order valence-electron chi connectivity index (χ3n) is 2.94. The van der Waals surface area contributed by atoms with Gasteiger partial charge in [0.25, 0.3) is 12.5 Å². The molecule has 0 atom stereocenters. The van der Waals surface area contributed by atoms with Crippen LogP contribution in [0.5, 0.6) is 0 Å². The Bertz CT molecular complexity index is 559. The summed E-state index contributed by atoms with van der Waals surface area (Å²) in [6, 6.07) is 23.8. The van der Waals surface area contributed by atoms with Crippen LogP contribution in [0.25, 0.3) is 22.6 Å². The predicted molar refractivity (Wildman–Crippen MR) is 79.5 cm³/mol. The van der Waals surface area contributed by atoms with E-state index in [2.05, 4.69) is 0 Å². The van der Waals surface area contributed by atoms with Crippen LogP contribution in [0.1, 0.15) is 0 Å². The van der Waals surface area contributed by atoms with Gasteiger partial charge in [0.05, 0.1) is 0 Å². The maximum Gasteiger partial charge on any atom is 2.00 e. The first-order valence-electron chi connectivity index (χ1n) is 6.45. The molecule has 0 N–H and O–H groups in total. The van der Waals surface area contributed by atoms with Crippen LogP contribution < -0.4 is 0 Å². The zero-order valence-electron chi connectivity index (χ0n) is 11.3. The standard InChI is InChI=1S/2C9H7O.Fe/c2*1-2-5-8(4-1)9-6-3-7-10-9;/h2*1-7H;/q2*-1;+2. The van der Waals surface area contributed by atoms with Gasteiger partial charge < -0.3 is 8.83 Å². The van der Waals surface area contributed by atoms with Gasteiger partial charge in [-0.15, -0.1) is 0 Å². The van der Waals surface area contributed by atoms with E-state index in [0.717, 1.165) is 22.6 Å². The minimum absolute atomic E-state index is 0. The van der Waals surface area contributed by atoms with Gasteiger partial charge in [0.1, 0.15) is 0 Å². The molecule has 21 heavy (non-hydrogen) atoms. The van der Waals surface area contributed by atoms with Gasteiger partial charge in [-0.25, -0.2) is 24.3 Å². The van der Waals surface area contributed by atoms with E-state index >= 15 is 0 Å². The second kappa shape index (κ2) is 7.53. The first-order valence-corrected chi connectivity index (χ1v) is 6.45. The largest absolute Gasteiger partial charge is 2.00 e. The summed E-state index contributed by atoms with van der Waals surface area (Å²) in [5.74, 6) is 1.87. The van der Waals surface area contributed by atoms with Crippen molar-refractivity contribution >= 4 is 0 Å². The van der Waals surface area contributed by atoms with Crippen LogP contribution in [0, 0.1) is 0 Å². The van der Waals surface area contributed by atoms with Crippen LogP contribution in [0.15, 0.2) is 94.2 Å². The van der Waals surface area contributed by atoms with Crippen molar-refractivity contribution in [2.75, 3.05) is 0 Å². The summed E-state index contributed by atoms with van der Waals surface area (Å²) in [5.41, 5.74) is 2.29. The van der Waals surface area contributed by atoms with Gasteiger partial charge in [-0.2, -0.15) is 11.1 Å². The summed E-state index contributed by atoms with van der Waals surface area (Å²) >= 11 is 0. The SMILES string of the molecule is [Fe+2].c1c[cH-]c(-[c-]2ccc[o+]2)c1.c1c[cH-]c(-[c-]2ccc[o+]2)c1. The van der Waals surface area contributed by atoms with E-state index in [9.17, 15) is 0 Å². The Kier molecular flexibility index (Phi) is 5.44. The Labute approximate surface area is 134 Å². The van der Waals surface area contributed by atoms with Crippen molar-refractivity contribution in [3.8, 4) is 22.6 Å². The van der Waals surface area contributed by atoms with Crippen molar-refractivity contribution < 1.29 is 25.9 Å². The summed E-state index contributed by atoms with van der Waals surface area (Å²) in [6.07, 6.45) is 3.37. The molecule has 2 nitrogen and oxygen atoms in total. The van der Waals surface area contributed by atoms with Gasteiger partial charge >= 0.3 is 17.1 Å². The van der Waals surface area contributed by atoms with Gasteiger partial charge in [-0.3, -0.25) is 24.3 Å². The van der Waals surface area contributed by atoms with Crippen LogP contribution >= 0.6 is 0 Å². The van der Waals surface area contributed by atoms with Gasteiger partial charge in [0.2, 0.25) is 0 Å². The molecule has 2 aromatic carbocycles. The van der Waals surface area contributed by atoms with Crippen molar-refractivity contribution in [2.24, 2.45) is 0 Å². The molecule has 0 radical (unpaired) electrons. The fourth-order valence-electron chi connectivity index (χ4n) is 1.96. The Morgan fingerprint density at radius 1 is 0.714 bits per heavy atom. The van der Waals surface area contributed by atoms with Crippen molar-refractivity contribution in [3.63, 3.8) is 0 Å². The minimum Gasteiger partial charge on any atom is -0.305 e. The molecule has 0 saturated heterocycles. The zero-order valence-corrected chi connectivity index (χ0v) is 12.4. The maximum atomic E-state index is 5.18. The van der Waals surface area contributed by atoms with E-state index in [1.807, 2.05) is 72.8 Å². The molecular formula is C18H14FeO2. The molecule has 4 rings (SSSR count). The third-order valence-corrected chi connectivity index (χ3v) is 2.94. The van der Waals surface area contributed by atoms with Crippen LogP contribution in [-0.4, -0.2) is 0 Å². The van der Waals surface area contributed by atoms with Crippen LogP contribution in [0.3, 0.4) is 0 Å². The van der Waals surface area contributed by atoms with Gasteiger partial charge in [0.15, 0.2) is 11.5 Å². The van der Waals surface area contributed by atoms with E-state index in [1.54, 1.807) is 12.5 Å². The Morgan fingerprint density at radius 2 is 1.19 bits per heavy atom. The molecule has 3 heteroatoms. The average Bonchev–Trinajstić information content (AvgIpc) is 3.29. The second-order valence-electron chi connectivity index (χ2n) is 4.30. The van der Waals surface area contributed by atoms with E-state index in [1.165, 1.54) is 0 Å². The molecule has 0 bridgehead atoms. The first-order chi connectivity index (χ1) is 9.93. The molecular weight excluding hydrogens is 304 g/mol. The topological polar surface area (TPSA) is 22.6 Å². The molecule has 0 unspecified atom stereocenters. The van der Waals surface area contributed by atoms with Crippen molar-refractivity contribution in [2.45, 2.75) is 0 Å². The molecule has 0 aliphatic carbocycles. The van der Waals surface area contributed by atoms with Gasteiger partial charge in [0, 0.05) is 12.1 Å². The summed E-state index contributed by atoms with van der Waals surface area (Å²) in [4.78, 5) is 0. The number of hydrogen-bond acceptors (Lipinski definition) is 0. The normalized spacial score (nSPS) is 9.52. The fraction of sp³-hybridized carbons (Fsp3) is 0. The van der Waals surface area contributed by atoms with E-state index in [4.69, 9.17) is 8.83 Å². The van der Waals surface area contributed by atoms with Crippen LogP contribution in [-0.2, 0) is 17.1 Å². The Morgan fingerprint density at radius 3 is 1.48 bits per heavy atom. The number of hydrogen-bond donors (Lipinski definition) is 0. The summed E-state index contributed by atoms with van der Waals surface area (Å²) in [6.45, 7) is 0. The average molecular weight is 318 g/mol. The van der Waals surface area contributed by atoms with Gasteiger partial charge in [-0.1, -0.05) is 0 Å². The second-order valence-corrected chi connectivity index (χ2v) is 4.30. The zero-order chi connectivity index (χ0) is 13.6. The Hall–Kier alpha value is -2.22. The molecule has 2 heterocycles. The minimum atomic E-state index is 0.